The molecule has 0 bridgehead atoms. The molecule has 0 rings (SSSR count). The van der Waals surface area contributed by atoms with Gasteiger partial charge in [-0.15, -0.1) is 0 Å². The van der Waals surface area contributed by atoms with Gasteiger partial charge in [0.25, 0.3) is 0 Å². The molecule has 0 unspecified atom stereocenters. The van der Waals surface area contributed by atoms with Crippen molar-refractivity contribution in [2.24, 2.45) is 5.41 Å². The molecule has 0 saturated heterocycles. The van der Waals surface area contributed by atoms with E-state index in [0.717, 1.165) is 10.9 Å². The summed E-state index contributed by atoms with van der Waals surface area (Å²) in [5, 5.41) is 0. The minimum Gasteiger partial charge on any atom is -0.460 e. The lowest BCUT2D eigenvalue weighted by Gasteiger charge is -2.16. The van der Waals surface area contributed by atoms with Crippen LogP contribution in [0.15, 0.2) is 10.6 Å². The molecule has 0 spiro atoms. The minimum atomic E-state index is -0.426. The van der Waals surface area contributed by atoms with E-state index in [9.17, 15) is 4.79 Å². The third-order valence-corrected chi connectivity index (χ3v) is 4.18. The van der Waals surface area contributed by atoms with Crippen LogP contribution in [0.2, 0.25) is 0 Å². The van der Waals surface area contributed by atoms with E-state index in [4.69, 9.17) is 4.74 Å². The Balaban J connectivity index is 3.50. The third-order valence-electron chi connectivity index (χ3n) is 3.63. The Hall–Kier alpha value is -0.310. The van der Waals surface area contributed by atoms with Crippen LogP contribution in [-0.4, -0.2) is 12.6 Å². The molecule has 0 radical (unpaired) electrons. The lowest BCUT2D eigenvalue weighted by molar-refractivity contribution is -0.151. The maximum atomic E-state index is 11.6. The molecule has 0 aliphatic carbocycles. The summed E-state index contributed by atoms with van der Waals surface area (Å²) < 4.78 is 6.23. The van der Waals surface area contributed by atoms with Crippen LogP contribution in [0, 0.1) is 5.41 Å². The molecule has 130 valence electrons. The fourth-order valence-corrected chi connectivity index (χ4v) is 2.47. The fraction of sp³-hybridized carbons (Fsp3) is 0.842. The van der Waals surface area contributed by atoms with E-state index >= 15 is 0 Å². The van der Waals surface area contributed by atoms with Crippen molar-refractivity contribution in [3.05, 3.63) is 10.6 Å². The van der Waals surface area contributed by atoms with Crippen molar-refractivity contribution in [1.82, 2.24) is 0 Å². The summed E-state index contributed by atoms with van der Waals surface area (Å²) in [6.45, 7) is 8.23. The second-order valence-electron chi connectivity index (χ2n) is 7.09. The quantitative estimate of drug-likeness (QED) is 0.278. The van der Waals surface area contributed by atoms with Gasteiger partial charge in [0, 0.05) is 4.48 Å². The van der Waals surface area contributed by atoms with Crippen molar-refractivity contribution in [1.29, 1.82) is 0 Å². The number of hydrogen-bond acceptors (Lipinski definition) is 2. The number of ether oxygens (including phenoxy) is 1. The SMILES string of the molecule is CCCCCCCCCCC/C=C(\Br)COC(=O)C(C)(C)C. The Kier molecular flexibility index (Phi) is 13.0. The Morgan fingerprint density at radius 2 is 1.45 bits per heavy atom. The van der Waals surface area contributed by atoms with E-state index in [1.165, 1.54) is 57.8 Å². The molecule has 0 saturated carbocycles. The molecule has 0 aliphatic rings. The Morgan fingerprint density at radius 1 is 0.955 bits per heavy atom. The number of unbranched alkanes of at least 4 members (excludes halogenated alkanes) is 9. The zero-order chi connectivity index (χ0) is 16.8. The maximum absolute atomic E-state index is 11.6. The van der Waals surface area contributed by atoms with Crippen LogP contribution in [0.4, 0.5) is 0 Å². The Labute approximate surface area is 146 Å². The van der Waals surface area contributed by atoms with Gasteiger partial charge in [0.15, 0.2) is 0 Å². The zero-order valence-corrected chi connectivity index (χ0v) is 16.6. The molecule has 0 aliphatic heterocycles. The number of halogens is 1. The van der Waals surface area contributed by atoms with Crippen molar-refractivity contribution in [3.63, 3.8) is 0 Å². The summed E-state index contributed by atoms with van der Waals surface area (Å²) >= 11 is 3.48. The smallest absolute Gasteiger partial charge is 0.311 e. The Morgan fingerprint density at radius 3 is 1.95 bits per heavy atom. The Bertz CT molecular complexity index is 316. The van der Waals surface area contributed by atoms with Crippen LogP contribution >= 0.6 is 15.9 Å². The molecule has 22 heavy (non-hydrogen) atoms. The monoisotopic (exact) mass is 374 g/mol. The highest BCUT2D eigenvalue weighted by Gasteiger charge is 2.22. The molecule has 0 fully saturated rings. The average molecular weight is 375 g/mol. The van der Waals surface area contributed by atoms with E-state index in [0.29, 0.717) is 6.61 Å². The molecule has 0 atom stereocenters. The van der Waals surface area contributed by atoms with Crippen LogP contribution in [0.5, 0.6) is 0 Å². The van der Waals surface area contributed by atoms with Crippen molar-refractivity contribution in [3.8, 4) is 0 Å². The fourth-order valence-electron chi connectivity index (χ4n) is 2.12. The highest BCUT2D eigenvalue weighted by molar-refractivity contribution is 9.11. The van der Waals surface area contributed by atoms with Gasteiger partial charge < -0.3 is 4.74 Å². The molecule has 0 N–H and O–H groups in total. The second-order valence-corrected chi connectivity index (χ2v) is 8.11. The summed E-state index contributed by atoms with van der Waals surface area (Å²) in [6.07, 6.45) is 15.3. The predicted octanol–water partition coefficient (Wildman–Crippen LogP) is 6.78. The molecule has 0 aromatic heterocycles. The molecule has 3 heteroatoms. The van der Waals surface area contributed by atoms with Gasteiger partial charge >= 0.3 is 5.97 Å². The van der Waals surface area contributed by atoms with Crippen LogP contribution in [0.1, 0.15) is 91.9 Å². The number of esters is 1. The molecule has 0 heterocycles. The van der Waals surface area contributed by atoms with Crippen LogP contribution < -0.4 is 0 Å². The molecule has 0 amide bonds. The van der Waals surface area contributed by atoms with E-state index in [-0.39, 0.29) is 5.97 Å². The lowest BCUT2D eigenvalue weighted by atomic mass is 9.97. The van der Waals surface area contributed by atoms with Gasteiger partial charge in [-0.3, -0.25) is 4.79 Å². The number of carbonyl (C=O) groups excluding carboxylic acids is 1. The van der Waals surface area contributed by atoms with Crippen molar-refractivity contribution >= 4 is 21.9 Å². The molecular weight excluding hydrogens is 340 g/mol. The van der Waals surface area contributed by atoms with Crippen molar-refractivity contribution in [2.75, 3.05) is 6.61 Å². The van der Waals surface area contributed by atoms with Crippen molar-refractivity contribution < 1.29 is 9.53 Å². The molecule has 0 aromatic carbocycles. The second kappa shape index (κ2) is 13.2. The van der Waals surface area contributed by atoms with Gasteiger partial charge in [-0.05, 0) is 33.6 Å². The van der Waals surface area contributed by atoms with Crippen molar-refractivity contribution in [2.45, 2.75) is 91.9 Å². The molecule has 0 aromatic rings. The first-order chi connectivity index (χ1) is 10.4. The first-order valence-corrected chi connectivity index (χ1v) is 9.69. The number of rotatable bonds is 12. The average Bonchev–Trinajstić information content (AvgIpc) is 2.45. The molecule has 2 nitrogen and oxygen atoms in total. The third kappa shape index (κ3) is 13.4. The van der Waals surface area contributed by atoms with Crippen LogP contribution in [0.3, 0.4) is 0 Å². The van der Waals surface area contributed by atoms with E-state index in [1.54, 1.807) is 0 Å². The van der Waals surface area contributed by atoms with E-state index in [2.05, 4.69) is 28.9 Å². The highest BCUT2D eigenvalue weighted by atomic mass is 79.9. The first kappa shape index (κ1) is 21.7. The predicted molar refractivity (Wildman–Crippen MR) is 99.3 cm³/mol. The summed E-state index contributed by atoms with van der Waals surface area (Å²) in [5.41, 5.74) is -0.426. The standard InChI is InChI=1S/C19H35BrO2/c1-5-6-7-8-9-10-11-12-13-14-15-17(20)16-22-18(21)19(2,3)4/h15H,5-14,16H2,1-4H3/b17-15-. The summed E-state index contributed by atoms with van der Waals surface area (Å²) in [4.78, 5) is 11.6. The van der Waals surface area contributed by atoms with Gasteiger partial charge in [-0.1, -0.05) is 80.3 Å². The first-order valence-electron chi connectivity index (χ1n) is 8.89. The topological polar surface area (TPSA) is 26.3 Å². The largest absolute Gasteiger partial charge is 0.460 e. The van der Waals surface area contributed by atoms with E-state index < -0.39 is 5.41 Å². The number of hydrogen-bond donors (Lipinski definition) is 0. The lowest BCUT2D eigenvalue weighted by Crippen LogP contribution is -2.23. The number of allylic oxidation sites excluding steroid dienone is 1. The number of carbonyl (C=O) groups is 1. The van der Waals surface area contributed by atoms with Crippen LogP contribution in [-0.2, 0) is 9.53 Å². The van der Waals surface area contributed by atoms with Crippen LogP contribution in [0.25, 0.3) is 0 Å². The van der Waals surface area contributed by atoms with E-state index in [1.807, 2.05) is 20.8 Å². The van der Waals surface area contributed by atoms with Gasteiger partial charge in [-0.2, -0.15) is 0 Å². The summed E-state index contributed by atoms with van der Waals surface area (Å²) in [5.74, 6) is -0.152. The van der Waals surface area contributed by atoms with Gasteiger partial charge in [0.2, 0.25) is 0 Å². The minimum absolute atomic E-state index is 0.152. The summed E-state index contributed by atoms with van der Waals surface area (Å²) in [7, 11) is 0. The summed E-state index contributed by atoms with van der Waals surface area (Å²) in [6, 6.07) is 0. The highest BCUT2D eigenvalue weighted by Crippen LogP contribution is 2.17. The normalized spacial score (nSPS) is 12.5. The zero-order valence-electron chi connectivity index (χ0n) is 15.0. The molecular formula is C19H35BrO2. The van der Waals surface area contributed by atoms with Gasteiger partial charge in [-0.25, -0.2) is 0 Å². The maximum Gasteiger partial charge on any atom is 0.311 e. The van der Waals surface area contributed by atoms with Gasteiger partial charge in [0.05, 0.1) is 5.41 Å². The van der Waals surface area contributed by atoms with Gasteiger partial charge in [0.1, 0.15) is 6.61 Å².